The molecule has 3 heteroatoms. The molecule has 0 bridgehead atoms. The van der Waals surface area contributed by atoms with Crippen LogP contribution in [0.5, 0.6) is 0 Å². The third-order valence-electron chi connectivity index (χ3n) is 4.27. The second-order valence-electron chi connectivity index (χ2n) is 5.50. The minimum absolute atomic E-state index is 0.928. The summed E-state index contributed by atoms with van der Waals surface area (Å²) in [6.07, 6.45) is 8.59. The van der Waals surface area contributed by atoms with Gasteiger partial charge in [-0.25, -0.2) is 4.98 Å². The summed E-state index contributed by atoms with van der Waals surface area (Å²) in [5, 5.41) is 8.20. The summed E-state index contributed by atoms with van der Waals surface area (Å²) in [7, 11) is 0. The highest BCUT2D eigenvalue weighted by molar-refractivity contribution is 6.08. The zero-order valence-electron chi connectivity index (χ0n) is 11.4. The molecule has 1 aliphatic heterocycles. The second kappa shape index (κ2) is 3.92. The smallest absolute Gasteiger partial charge is 0.141 e. The van der Waals surface area contributed by atoms with Crippen LogP contribution in [0.3, 0.4) is 0 Å². The number of hydrogen-bond donors (Lipinski definition) is 1. The number of nitrogens with one attached hydrogen (secondary N) is 1. The minimum Gasteiger partial charge on any atom is -0.339 e. The molecular formula is C18H13N3. The van der Waals surface area contributed by atoms with E-state index in [1.165, 1.54) is 10.6 Å². The van der Waals surface area contributed by atoms with Crippen molar-refractivity contribution in [1.29, 1.82) is 0 Å². The van der Waals surface area contributed by atoms with Gasteiger partial charge in [-0.1, -0.05) is 30.4 Å². The van der Waals surface area contributed by atoms with Crippen molar-refractivity contribution in [1.82, 2.24) is 9.97 Å². The number of fused-ring (bicyclic) bond motifs is 4. The van der Waals surface area contributed by atoms with Crippen LogP contribution in [-0.4, -0.2) is 9.97 Å². The third-order valence-corrected chi connectivity index (χ3v) is 4.27. The number of hydrogen-bond acceptors (Lipinski definition) is 3. The fourth-order valence-electron chi connectivity index (χ4n) is 3.34. The summed E-state index contributed by atoms with van der Waals surface area (Å²) in [5.41, 5.74) is 3.26. The maximum atomic E-state index is 4.83. The van der Waals surface area contributed by atoms with Crippen LogP contribution < -0.4 is 15.9 Å². The van der Waals surface area contributed by atoms with Gasteiger partial charge in [-0.3, -0.25) is 4.98 Å². The Labute approximate surface area is 121 Å². The van der Waals surface area contributed by atoms with Crippen LogP contribution in [0.2, 0.25) is 0 Å². The Hall–Kier alpha value is -2.68. The molecule has 0 saturated carbocycles. The predicted octanol–water partition coefficient (Wildman–Crippen LogP) is 2.71. The summed E-state index contributed by atoms with van der Waals surface area (Å²) in [5.74, 6) is 0.928. The van der Waals surface area contributed by atoms with Gasteiger partial charge in [-0.05, 0) is 30.4 Å². The molecule has 1 N–H and O–H groups in total. The molecule has 0 fully saturated rings. The first-order valence-electron chi connectivity index (χ1n) is 7.27. The molecule has 0 spiro atoms. The Morgan fingerprint density at radius 2 is 1.90 bits per heavy atom. The van der Waals surface area contributed by atoms with E-state index < -0.39 is 0 Å². The van der Waals surface area contributed by atoms with Gasteiger partial charge in [0.05, 0.1) is 16.4 Å². The van der Waals surface area contributed by atoms with E-state index in [1.54, 1.807) is 0 Å². The van der Waals surface area contributed by atoms with E-state index in [2.05, 4.69) is 46.7 Å². The molecule has 100 valence electrons. The molecular weight excluding hydrogens is 258 g/mol. The average molecular weight is 271 g/mol. The average Bonchev–Trinajstić information content (AvgIpc) is 2.55. The second-order valence-corrected chi connectivity index (χ2v) is 5.50. The highest BCUT2D eigenvalue weighted by Crippen LogP contribution is 2.39. The van der Waals surface area contributed by atoms with Gasteiger partial charge in [0.15, 0.2) is 0 Å². The SMILES string of the molecule is C1=c2nc3c4c(nccc4c2=CCC1)-c1ccccc1N3. The molecule has 1 aromatic carbocycles. The Morgan fingerprint density at radius 3 is 2.90 bits per heavy atom. The van der Waals surface area contributed by atoms with Crippen molar-refractivity contribution in [3.05, 3.63) is 47.1 Å². The molecule has 3 nitrogen and oxygen atoms in total. The van der Waals surface area contributed by atoms with Crippen LogP contribution in [-0.2, 0) is 0 Å². The maximum absolute atomic E-state index is 4.83. The molecule has 0 radical (unpaired) electrons. The van der Waals surface area contributed by atoms with Crippen LogP contribution in [0.15, 0.2) is 36.5 Å². The first kappa shape index (κ1) is 11.0. The monoisotopic (exact) mass is 271 g/mol. The van der Waals surface area contributed by atoms with Crippen molar-refractivity contribution >= 4 is 34.4 Å². The van der Waals surface area contributed by atoms with Crippen molar-refractivity contribution in [2.45, 2.75) is 12.8 Å². The maximum Gasteiger partial charge on any atom is 0.141 e. The Morgan fingerprint density at radius 1 is 1.00 bits per heavy atom. The van der Waals surface area contributed by atoms with Crippen molar-refractivity contribution < 1.29 is 0 Å². The molecule has 1 aliphatic carbocycles. The topological polar surface area (TPSA) is 37.8 Å². The number of nitrogens with zero attached hydrogens (tertiary/aromatic N) is 2. The fourth-order valence-corrected chi connectivity index (χ4v) is 3.34. The number of rotatable bonds is 0. The summed E-state index contributed by atoms with van der Waals surface area (Å²) < 4.78 is 0. The zero-order valence-corrected chi connectivity index (χ0v) is 11.4. The van der Waals surface area contributed by atoms with Crippen molar-refractivity contribution in [2.24, 2.45) is 0 Å². The molecule has 0 atom stereocenters. The Balaban J connectivity index is 2.04. The first-order valence-corrected chi connectivity index (χ1v) is 7.27. The lowest BCUT2D eigenvalue weighted by Gasteiger charge is -2.21. The van der Waals surface area contributed by atoms with Crippen LogP contribution >= 0.6 is 0 Å². The van der Waals surface area contributed by atoms with Gasteiger partial charge < -0.3 is 5.32 Å². The molecule has 2 aromatic heterocycles. The van der Waals surface area contributed by atoms with E-state index in [9.17, 15) is 0 Å². The highest BCUT2D eigenvalue weighted by Gasteiger charge is 2.20. The number of benzene rings is 1. The van der Waals surface area contributed by atoms with Crippen LogP contribution in [0.4, 0.5) is 11.5 Å². The van der Waals surface area contributed by atoms with Gasteiger partial charge in [0.1, 0.15) is 5.82 Å². The van der Waals surface area contributed by atoms with Crippen LogP contribution in [0.25, 0.3) is 34.2 Å². The molecule has 3 aromatic rings. The van der Waals surface area contributed by atoms with Crippen molar-refractivity contribution in [2.75, 3.05) is 5.32 Å². The van der Waals surface area contributed by atoms with E-state index in [-0.39, 0.29) is 0 Å². The van der Waals surface area contributed by atoms with E-state index in [4.69, 9.17) is 4.98 Å². The summed E-state index contributed by atoms with van der Waals surface area (Å²) in [6.45, 7) is 0. The largest absolute Gasteiger partial charge is 0.339 e. The number of anilines is 2. The van der Waals surface area contributed by atoms with Gasteiger partial charge in [0.2, 0.25) is 0 Å². The third kappa shape index (κ3) is 1.43. The predicted molar refractivity (Wildman–Crippen MR) is 85.7 cm³/mol. The molecule has 2 aliphatic rings. The Kier molecular flexibility index (Phi) is 2.06. The number of aromatic nitrogens is 2. The number of para-hydroxylation sites is 1. The van der Waals surface area contributed by atoms with Gasteiger partial charge in [-0.15, -0.1) is 0 Å². The lowest BCUT2D eigenvalue weighted by atomic mass is 9.97. The molecule has 0 unspecified atom stereocenters. The van der Waals surface area contributed by atoms with Gasteiger partial charge in [0, 0.05) is 22.7 Å². The van der Waals surface area contributed by atoms with Gasteiger partial charge in [-0.2, -0.15) is 0 Å². The lowest BCUT2D eigenvalue weighted by molar-refractivity contribution is 1.09. The van der Waals surface area contributed by atoms with Gasteiger partial charge >= 0.3 is 0 Å². The zero-order chi connectivity index (χ0) is 13.8. The molecule has 5 rings (SSSR count). The summed E-state index contributed by atoms with van der Waals surface area (Å²) in [6, 6.07) is 10.4. The first-order chi connectivity index (χ1) is 10.4. The summed E-state index contributed by atoms with van der Waals surface area (Å²) in [4.78, 5) is 9.46. The minimum atomic E-state index is 0.928. The van der Waals surface area contributed by atoms with E-state index in [0.717, 1.165) is 46.3 Å². The lowest BCUT2D eigenvalue weighted by Crippen LogP contribution is -2.32. The molecule has 0 amide bonds. The van der Waals surface area contributed by atoms with Crippen molar-refractivity contribution in [3.63, 3.8) is 0 Å². The van der Waals surface area contributed by atoms with E-state index >= 15 is 0 Å². The quantitative estimate of drug-likeness (QED) is 0.534. The standard InChI is InChI=1S/C18H13N3/c1-3-7-14-11(5-1)12-9-10-19-17-13-6-2-4-8-15(13)21-18(20-14)16(12)17/h2,4-10H,1,3H2,(H,20,21). The fraction of sp³-hybridized carbons (Fsp3) is 0.111. The normalized spacial score (nSPS) is 14.5. The van der Waals surface area contributed by atoms with Crippen molar-refractivity contribution in [3.8, 4) is 11.3 Å². The van der Waals surface area contributed by atoms with E-state index in [1.807, 2.05) is 12.3 Å². The van der Waals surface area contributed by atoms with Crippen LogP contribution in [0, 0.1) is 0 Å². The van der Waals surface area contributed by atoms with Gasteiger partial charge in [0.25, 0.3) is 0 Å². The molecule has 3 heterocycles. The molecule has 21 heavy (non-hydrogen) atoms. The number of pyridine rings is 2. The Bertz CT molecular complexity index is 1020. The van der Waals surface area contributed by atoms with E-state index in [0.29, 0.717) is 0 Å². The highest BCUT2D eigenvalue weighted by atomic mass is 15.0. The van der Waals surface area contributed by atoms with Crippen LogP contribution in [0.1, 0.15) is 12.8 Å². The molecule has 0 saturated heterocycles. The summed E-state index contributed by atoms with van der Waals surface area (Å²) >= 11 is 0.